The second-order valence-electron chi connectivity index (χ2n) is 6.56. The summed E-state index contributed by atoms with van der Waals surface area (Å²) >= 11 is 9.44. The lowest BCUT2D eigenvalue weighted by molar-refractivity contribution is -0.120. The molecule has 9 heteroatoms. The fourth-order valence-electron chi connectivity index (χ4n) is 2.95. The van der Waals surface area contributed by atoms with Gasteiger partial charge < -0.3 is 10.4 Å². The van der Waals surface area contributed by atoms with E-state index < -0.39 is 12.1 Å². The molecule has 0 bridgehead atoms. The van der Waals surface area contributed by atoms with E-state index in [0.717, 1.165) is 42.8 Å². The summed E-state index contributed by atoms with van der Waals surface area (Å²) in [6, 6.07) is 7.01. The number of nitrogens with one attached hydrogen (secondary N) is 1. The van der Waals surface area contributed by atoms with Crippen molar-refractivity contribution in [2.45, 2.75) is 44.9 Å². The Morgan fingerprint density at radius 3 is 2.70 bits per heavy atom. The Bertz CT molecular complexity index is 806. The Balaban J connectivity index is 1.60. The number of aryl methyl sites for hydroxylation is 3. The first-order chi connectivity index (χ1) is 13.0. The average Bonchev–Trinajstić information content (AvgIpc) is 3.23. The van der Waals surface area contributed by atoms with Gasteiger partial charge in [-0.15, -0.1) is 5.10 Å². The van der Waals surface area contributed by atoms with Crippen molar-refractivity contribution in [1.82, 2.24) is 20.3 Å². The molecule has 1 saturated heterocycles. The first-order valence-corrected chi connectivity index (χ1v) is 9.95. The summed E-state index contributed by atoms with van der Waals surface area (Å²) in [4.78, 5) is 13.9. The Morgan fingerprint density at radius 2 is 2.07 bits per heavy atom. The Morgan fingerprint density at radius 1 is 1.33 bits per heavy atom. The third kappa shape index (κ3) is 4.66. The molecule has 0 aliphatic carbocycles. The third-order valence-corrected chi connectivity index (χ3v) is 5.06. The largest absolute Gasteiger partial charge is 0.391 e. The van der Waals surface area contributed by atoms with Crippen LogP contribution in [0.15, 0.2) is 30.5 Å². The number of aliphatic hydroxyl groups is 1. The second-order valence-corrected chi connectivity index (χ2v) is 7.39. The SMILES string of the molecule is CC(O)C1NC(=S)N(c2ccc(CCc3cn(CCCS)nn3)cc2)C1=O. The van der Waals surface area contributed by atoms with Crippen LogP contribution in [0.25, 0.3) is 0 Å². The van der Waals surface area contributed by atoms with E-state index in [-0.39, 0.29) is 5.91 Å². The van der Waals surface area contributed by atoms with Gasteiger partial charge in [0.05, 0.1) is 17.5 Å². The number of amides is 1. The van der Waals surface area contributed by atoms with Crippen LogP contribution in [-0.4, -0.2) is 49.0 Å². The molecule has 3 rings (SSSR count). The molecular formula is C18H23N5O2S2. The number of carbonyl (C=O) groups excluding carboxylic acids is 1. The number of rotatable bonds is 8. The molecule has 0 saturated carbocycles. The Kier molecular flexibility index (Phi) is 6.46. The van der Waals surface area contributed by atoms with Crippen molar-refractivity contribution in [2.24, 2.45) is 0 Å². The van der Waals surface area contributed by atoms with Crippen molar-refractivity contribution in [1.29, 1.82) is 0 Å². The standard InChI is InChI=1S/C18H23N5O2S2/c1-12(24)16-17(25)23(18(27)19-16)15-7-4-13(5-8-15)3-6-14-11-22(21-20-14)9-2-10-26/h4-5,7-8,11-12,16,24,26H,2-3,6,9-10H2,1H3,(H,19,27). The quantitative estimate of drug-likeness (QED) is 0.454. The predicted molar refractivity (Wildman–Crippen MR) is 111 cm³/mol. The molecule has 1 aliphatic heterocycles. The van der Waals surface area contributed by atoms with E-state index in [1.807, 2.05) is 35.1 Å². The van der Waals surface area contributed by atoms with E-state index in [2.05, 4.69) is 28.3 Å². The first-order valence-electron chi connectivity index (χ1n) is 8.91. The van der Waals surface area contributed by atoms with Gasteiger partial charge in [0.25, 0.3) is 5.91 Å². The first kappa shape index (κ1) is 19.8. The van der Waals surface area contributed by atoms with E-state index in [9.17, 15) is 9.90 Å². The summed E-state index contributed by atoms with van der Waals surface area (Å²) in [5.41, 5.74) is 2.79. The number of thiocarbonyl (C=S) groups is 1. The van der Waals surface area contributed by atoms with Gasteiger partial charge in [-0.05, 0) is 61.9 Å². The van der Waals surface area contributed by atoms with Crippen LogP contribution in [0, 0.1) is 0 Å². The molecule has 0 spiro atoms. The van der Waals surface area contributed by atoms with Gasteiger partial charge in [0, 0.05) is 12.7 Å². The number of anilines is 1. The van der Waals surface area contributed by atoms with Gasteiger partial charge in [0.2, 0.25) is 0 Å². The number of aromatic nitrogens is 3. The fraction of sp³-hybridized carbons (Fsp3) is 0.444. The van der Waals surface area contributed by atoms with Crippen molar-refractivity contribution in [3.8, 4) is 0 Å². The molecule has 144 valence electrons. The van der Waals surface area contributed by atoms with Crippen molar-refractivity contribution < 1.29 is 9.90 Å². The maximum atomic E-state index is 12.4. The van der Waals surface area contributed by atoms with E-state index in [4.69, 9.17) is 12.2 Å². The van der Waals surface area contributed by atoms with Gasteiger partial charge in [-0.25, -0.2) is 0 Å². The lowest BCUT2D eigenvalue weighted by Crippen LogP contribution is -2.39. The number of aliphatic hydroxyl groups excluding tert-OH is 1. The molecule has 2 N–H and O–H groups in total. The molecule has 1 aromatic carbocycles. The van der Waals surface area contributed by atoms with Crippen LogP contribution in [0.5, 0.6) is 0 Å². The molecule has 1 amide bonds. The molecular weight excluding hydrogens is 382 g/mol. The Hall–Kier alpha value is -1.97. The molecule has 2 aromatic rings. The zero-order valence-corrected chi connectivity index (χ0v) is 16.8. The summed E-state index contributed by atoms with van der Waals surface area (Å²) in [6.45, 7) is 2.40. The zero-order chi connectivity index (χ0) is 19.4. The summed E-state index contributed by atoms with van der Waals surface area (Å²) in [5.74, 6) is 0.596. The van der Waals surface area contributed by atoms with Gasteiger partial charge in [-0.1, -0.05) is 17.3 Å². The van der Waals surface area contributed by atoms with Gasteiger partial charge in [0.1, 0.15) is 6.04 Å². The summed E-state index contributed by atoms with van der Waals surface area (Å²) in [5, 5.41) is 21.2. The van der Waals surface area contributed by atoms with Gasteiger partial charge in [-0.2, -0.15) is 12.6 Å². The highest BCUT2D eigenvalue weighted by Crippen LogP contribution is 2.22. The number of hydrogen-bond donors (Lipinski definition) is 3. The highest BCUT2D eigenvalue weighted by atomic mass is 32.1. The van der Waals surface area contributed by atoms with E-state index >= 15 is 0 Å². The molecule has 2 atom stereocenters. The highest BCUT2D eigenvalue weighted by molar-refractivity contribution is 7.80. The molecule has 2 heterocycles. The van der Waals surface area contributed by atoms with E-state index in [0.29, 0.717) is 10.8 Å². The minimum Gasteiger partial charge on any atom is -0.391 e. The monoisotopic (exact) mass is 405 g/mol. The van der Waals surface area contributed by atoms with Crippen molar-refractivity contribution in [2.75, 3.05) is 10.7 Å². The fourth-order valence-corrected chi connectivity index (χ4v) is 3.41. The number of carbonyl (C=O) groups is 1. The molecule has 27 heavy (non-hydrogen) atoms. The van der Waals surface area contributed by atoms with Crippen LogP contribution >= 0.6 is 24.8 Å². The van der Waals surface area contributed by atoms with E-state index in [1.165, 1.54) is 4.90 Å². The molecule has 0 radical (unpaired) electrons. The van der Waals surface area contributed by atoms with Crippen molar-refractivity contribution in [3.05, 3.63) is 41.7 Å². The maximum absolute atomic E-state index is 12.4. The molecule has 2 unspecified atom stereocenters. The lowest BCUT2D eigenvalue weighted by Gasteiger charge is -2.16. The molecule has 1 aromatic heterocycles. The van der Waals surface area contributed by atoms with Crippen LogP contribution in [0.1, 0.15) is 24.6 Å². The topological polar surface area (TPSA) is 83.3 Å². The third-order valence-electron chi connectivity index (χ3n) is 4.45. The van der Waals surface area contributed by atoms with Gasteiger partial charge >= 0.3 is 0 Å². The van der Waals surface area contributed by atoms with Crippen molar-refractivity contribution in [3.63, 3.8) is 0 Å². The minimum atomic E-state index is -0.805. The molecule has 1 aliphatic rings. The van der Waals surface area contributed by atoms with Gasteiger partial charge in [-0.3, -0.25) is 14.4 Å². The molecule has 1 fully saturated rings. The van der Waals surface area contributed by atoms with Crippen LogP contribution in [0.2, 0.25) is 0 Å². The number of hydrogen-bond acceptors (Lipinski definition) is 6. The second kappa shape index (κ2) is 8.81. The Labute approximate surface area is 169 Å². The van der Waals surface area contributed by atoms with Gasteiger partial charge in [0.15, 0.2) is 5.11 Å². The number of thiol groups is 1. The van der Waals surface area contributed by atoms with Crippen molar-refractivity contribution >= 4 is 41.6 Å². The molecule has 7 nitrogen and oxygen atoms in total. The maximum Gasteiger partial charge on any atom is 0.258 e. The lowest BCUT2D eigenvalue weighted by atomic mass is 10.1. The van der Waals surface area contributed by atoms with Crippen LogP contribution < -0.4 is 10.2 Å². The predicted octanol–water partition coefficient (Wildman–Crippen LogP) is 1.35. The summed E-state index contributed by atoms with van der Waals surface area (Å²) in [7, 11) is 0. The normalized spacial score (nSPS) is 18.0. The zero-order valence-electron chi connectivity index (χ0n) is 15.1. The van der Waals surface area contributed by atoms with E-state index in [1.54, 1.807) is 6.92 Å². The smallest absolute Gasteiger partial charge is 0.258 e. The minimum absolute atomic E-state index is 0.236. The van der Waals surface area contributed by atoms with Crippen LogP contribution in [0.3, 0.4) is 0 Å². The van der Waals surface area contributed by atoms with Crippen LogP contribution in [-0.2, 0) is 24.2 Å². The summed E-state index contributed by atoms with van der Waals surface area (Å²) in [6.07, 6.45) is 3.77. The average molecular weight is 406 g/mol. The summed E-state index contributed by atoms with van der Waals surface area (Å²) < 4.78 is 1.85. The number of benzene rings is 1. The van der Waals surface area contributed by atoms with Crippen LogP contribution in [0.4, 0.5) is 5.69 Å². The number of nitrogens with zero attached hydrogens (tertiary/aromatic N) is 4. The highest BCUT2D eigenvalue weighted by Gasteiger charge is 2.38.